The number of hydrogen-bond acceptors (Lipinski definition) is 4. The first-order valence-corrected chi connectivity index (χ1v) is 7.88. The largest absolute Gasteiger partial charge is 0.494 e. The Hall–Kier alpha value is -2.76. The van der Waals surface area contributed by atoms with Gasteiger partial charge < -0.3 is 19.4 Å². The molecule has 0 aliphatic carbocycles. The van der Waals surface area contributed by atoms with Crippen molar-refractivity contribution in [2.45, 2.75) is 20.4 Å². The maximum atomic E-state index is 11.8. The van der Waals surface area contributed by atoms with Crippen LogP contribution in [0.15, 0.2) is 47.4 Å². The molecule has 0 aliphatic heterocycles. The summed E-state index contributed by atoms with van der Waals surface area (Å²) in [6.07, 6.45) is 1.62. The van der Waals surface area contributed by atoms with E-state index in [1.54, 1.807) is 12.3 Å². The molecule has 1 N–H and O–H groups in total. The van der Waals surface area contributed by atoms with Crippen LogP contribution < -0.4 is 20.3 Å². The second-order valence-electron chi connectivity index (χ2n) is 5.27. The molecule has 0 radical (unpaired) electrons. The average Bonchev–Trinajstić information content (AvgIpc) is 2.56. The van der Waals surface area contributed by atoms with Gasteiger partial charge in [0.05, 0.1) is 13.2 Å². The summed E-state index contributed by atoms with van der Waals surface area (Å²) in [5, 5.41) is 2.73. The molecule has 0 saturated heterocycles. The third kappa shape index (κ3) is 5.46. The molecular formula is C18H22N2O4. The van der Waals surface area contributed by atoms with Gasteiger partial charge in [-0.1, -0.05) is 0 Å². The Morgan fingerprint density at radius 3 is 2.42 bits per heavy atom. The summed E-state index contributed by atoms with van der Waals surface area (Å²) >= 11 is 0. The molecule has 0 unspecified atom stereocenters. The van der Waals surface area contributed by atoms with Crippen LogP contribution in [-0.4, -0.2) is 30.2 Å². The summed E-state index contributed by atoms with van der Waals surface area (Å²) in [4.78, 5) is 23.5. The summed E-state index contributed by atoms with van der Waals surface area (Å²) in [7, 11) is 0. The van der Waals surface area contributed by atoms with Crippen molar-refractivity contribution in [1.29, 1.82) is 0 Å². The normalized spacial score (nSPS) is 10.2. The molecule has 6 heteroatoms. The summed E-state index contributed by atoms with van der Waals surface area (Å²) in [5.74, 6) is 1.28. The van der Waals surface area contributed by atoms with Crippen LogP contribution in [0.3, 0.4) is 0 Å². The first kappa shape index (κ1) is 17.6. The lowest BCUT2D eigenvalue weighted by atomic mass is 10.3. The summed E-state index contributed by atoms with van der Waals surface area (Å²) in [5.41, 5.74) is 0.691. The van der Waals surface area contributed by atoms with Crippen LogP contribution >= 0.6 is 0 Å². The Morgan fingerprint density at radius 1 is 1.12 bits per heavy atom. The van der Waals surface area contributed by atoms with Crippen LogP contribution in [0, 0.1) is 6.92 Å². The van der Waals surface area contributed by atoms with E-state index in [0.717, 1.165) is 11.3 Å². The van der Waals surface area contributed by atoms with Gasteiger partial charge in [-0.2, -0.15) is 0 Å². The van der Waals surface area contributed by atoms with E-state index in [0.29, 0.717) is 25.5 Å². The summed E-state index contributed by atoms with van der Waals surface area (Å²) < 4.78 is 12.3. The number of rotatable bonds is 8. The highest BCUT2D eigenvalue weighted by Crippen LogP contribution is 2.17. The van der Waals surface area contributed by atoms with E-state index in [1.807, 2.05) is 38.1 Å². The molecule has 0 spiro atoms. The van der Waals surface area contributed by atoms with Crippen molar-refractivity contribution < 1.29 is 14.3 Å². The number of nitrogens with zero attached hydrogens (tertiary/aromatic N) is 1. The van der Waals surface area contributed by atoms with Gasteiger partial charge in [-0.05, 0) is 49.7 Å². The Labute approximate surface area is 141 Å². The lowest BCUT2D eigenvalue weighted by Crippen LogP contribution is -2.34. The van der Waals surface area contributed by atoms with Crippen molar-refractivity contribution in [2.75, 3.05) is 19.8 Å². The van der Waals surface area contributed by atoms with Gasteiger partial charge in [0.2, 0.25) is 5.91 Å². The molecule has 1 aromatic carbocycles. The maximum Gasteiger partial charge on any atom is 0.251 e. The SMILES string of the molecule is CCOc1ccc(OCCNC(=O)Cn2ccc(C)cc2=O)cc1. The van der Waals surface area contributed by atoms with E-state index in [4.69, 9.17) is 9.47 Å². The molecule has 2 rings (SSSR count). The Morgan fingerprint density at radius 2 is 1.79 bits per heavy atom. The van der Waals surface area contributed by atoms with Gasteiger partial charge in [0.25, 0.3) is 5.56 Å². The maximum absolute atomic E-state index is 11.8. The van der Waals surface area contributed by atoms with Crippen molar-refractivity contribution in [1.82, 2.24) is 9.88 Å². The van der Waals surface area contributed by atoms with Crippen molar-refractivity contribution in [3.63, 3.8) is 0 Å². The lowest BCUT2D eigenvalue weighted by Gasteiger charge is -2.09. The molecule has 128 valence electrons. The van der Waals surface area contributed by atoms with Crippen molar-refractivity contribution in [3.8, 4) is 11.5 Å². The highest BCUT2D eigenvalue weighted by molar-refractivity contribution is 5.75. The van der Waals surface area contributed by atoms with Crippen LogP contribution in [0.4, 0.5) is 0 Å². The van der Waals surface area contributed by atoms with E-state index in [1.165, 1.54) is 10.6 Å². The van der Waals surface area contributed by atoms with Gasteiger partial charge in [0.1, 0.15) is 24.7 Å². The molecule has 1 amide bonds. The second-order valence-corrected chi connectivity index (χ2v) is 5.27. The predicted molar refractivity (Wildman–Crippen MR) is 91.6 cm³/mol. The minimum absolute atomic E-state index is 0.00215. The Kier molecular flexibility index (Phi) is 6.42. The third-order valence-electron chi connectivity index (χ3n) is 3.29. The molecule has 0 saturated carbocycles. The number of amides is 1. The van der Waals surface area contributed by atoms with Gasteiger partial charge in [-0.25, -0.2) is 0 Å². The first-order chi connectivity index (χ1) is 11.6. The van der Waals surface area contributed by atoms with Gasteiger partial charge in [0, 0.05) is 12.3 Å². The number of nitrogens with one attached hydrogen (secondary N) is 1. The number of ether oxygens (including phenoxy) is 2. The zero-order valence-corrected chi connectivity index (χ0v) is 14.0. The number of hydrogen-bond donors (Lipinski definition) is 1. The highest BCUT2D eigenvalue weighted by atomic mass is 16.5. The van der Waals surface area contributed by atoms with Crippen LogP contribution in [0.2, 0.25) is 0 Å². The molecular weight excluding hydrogens is 308 g/mol. The van der Waals surface area contributed by atoms with E-state index in [-0.39, 0.29) is 18.0 Å². The van der Waals surface area contributed by atoms with Gasteiger partial charge in [0.15, 0.2) is 0 Å². The fourth-order valence-corrected chi connectivity index (χ4v) is 2.11. The number of aryl methyl sites for hydroxylation is 1. The van der Waals surface area contributed by atoms with Crippen molar-refractivity contribution in [3.05, 3.63) is 58.5 Å². The Bertz CT molecular complexity index is 723. The third-order valence-corrected chi connectivity index (χ3v) is 3.29. The molecule has 0 fully saturated rings. The standard InChI is InChI=1S/C18H22N2O4/c1-3-23-15-4-6-16(7-5-15)24-11-9-19-17(21)13-20-10-8-14(2)12-18(20)22/h4-8,10,12H,3,9,11,13H2,1-2H3,(H,19,21). The number of aromatic nitrogens is 1. The highest BCUT2D eigenvalue weighted by Gasteiger charge is 2.04. The number of pyridine rings is 1. The Balaban J connectivity index is 1.71. The van der Waals surface area contributed by atoms with Crippen LogP contribution in [0.1, 0.15) is 12.5 Å². The predicted octanol–water partition coefficient (Wildman–Crippen LogP) is 1.75. The van der Waals surface area contributed by atoms with Crippen LogP contribution in [-0.2, 0) is 11.3 Å². The fourth-order valence-electron chi connectivity index (χ4n) is 2.11. The van der Waals surface area contributed by atoms with Crippen molar-refractivity contribution in [2.24, 2.45) is 0 Å². The number of carbonyl (C=O) groups is 1. The van der Waals surface area contributed by atoms with Gasteiger partial charge in [-0.15, -0.1) is 0 Å². The molecule has 0 atom stereocenters. The fraction of sp³-hybridized carbons (Fsp3) is 0.333. The molecule has 0 bridgehead atoms. The van der Waals surface area contributed by atoms with Gasteiger partial charge >= 0.3 is 0 Å². The van der Waals surface area contributed by atoms with E-state index in [2.05, 4.69) is 5.32 Å². The molecule has 2 aromatic rings. The summed E-state index contributed by atoms with van der Waals surface area (Å²) in [6.45, 7) is 5.11. The monoisotopic (exact) mass is 330 g/mol. The minimum atomic E-state index is -0.226. The molecule has 1 heterocycles. The smallest absolute Gasteiger partial charge is 0.251 e. The lowest BCUT2D eigenvalue weighted by molar-refractivity contribution is -0.121. The average molecular weight is 330 g/mol. The minimum Gasteiger partial charge on any atom is -0.494 e. The molecule has 1 aromatic heterocycles. The van der Waals surface area contributed by atoms with Crippen LogP contribution in [0.25, 0.3) is 0 Å². The van der Waals surface area contributed by atoms with E-state index >= 15 is 0 Å². The molecule has 6 nitrogen and oxygen atoms in total. The number of benzene rings is 1. The first-order valence-electron chi connectivity index (χ1n) is 7.88. The summed E-state index contributed by atoms with van der Waals surface area (Å²) in [6, 6.07) is 10.6. The van der Waals surface area contributed by atoms with Crippen molar-refractivity contribution >= 4 is 5.91 Å². The zero-order valence-electron chi connectivity index (χ0n) is 14.0. The molecule has 24 heavy (non-hydrogen) atoms. The van der Waals surface area contributed by atoms with E-state index in [9.17, 15) is 9.59 Å². The second kappa shape index (κ2) is 8.76. The van der Waals surface area contributed by atoms with Gasteiger partial charge in [-0.3, -0.25) is 9.59 Å². The number of carbonyl (C=O) groups excluding carboxylic acids is 1. The molecule has 0 aliphatic rings. The zero-order chi connectivity index (χ0) is 17.4. The quantitative estimate of drug-likeness (QED) is 0.749. The van der Waals surface area contributed by atoms with Crippen LogP contribution in [0.5, 0.6) is 11.5 Å². The van der Waals surface area contributed by atoms with E-state index < -0.39 is 0 Å². The topological polar surface area (TPSA) is 69.6 Å².